The Bertz CT molecular complexity index is 754. The predicted molar refractivity (Wildman–Crippen MR) is 93.5 cm³/mol. The number of amides is 1. The van der Waals surface area contributed by atoms with Gasteiger partial charge in [-0.25, -0.2) is 10.9 Å². The molecule has 2 aromatic carbocycles. The van der Waals surface area contributed by atoms with Crippen molar-refractivity contribution in [2.45, 2.75) is 17.0 Å². The van der Waals surface area contributed by atoms with Crippen molar-refractivity contribution in [3.05, 3.63) is 59.1 Å². The van der Waals surface area contributed by atoms with Gasteiger partial charge in [-0.15, -0.1) is 11.8 Å². The average molecular weight is 346 g/mol. The lowest BCUT2D eigenvalue weighted by molar-refractivity contribution is -0.118. The monoisotopic (exact) mass is 345 g/mol. The molecule has 3 atom stereocenters. The van der Waals surface area contributed by atoms with Crippen LogP contribution in [0.25, 0.3) is 0 Å². The van der Waals surface area contributed by atoms with E-state index in [9.17, 15) is 4.79 Å². The third-order valence-corrected chi connectivity index (χ3v) is 5.78. The molecule has 3 unspecified atom stereocenters. The van der Waals surface area contributed by atoms with Crippen LogP contribution in [0.3, 0.4) is 0 Å². The van der Waals surface area contributed by atoms with E-state index in [1.54, 1.807) is 12.1 Å². The topological polar surface area (TPSA) is 53.2 Å². The summed E-state index contributed by atoms with van der Waals surface area (Å²) >= 11 is 7.79. The van der Waals surface area contributed by atoms with Gasteiger partial charge in [0.2, 0.25) is 5.91 Å². The Morgan fingerprint density at radius 3 is 2.91 bits per heavy atom. The van der Waals surface area contributed by atoms with Gasteiger partial charge < -0.3 is 5.32 Å². The van der Waals surface area contributed by atoms with Crippen molar-refractivity contribution < 1.29 is 4.79 Å². The molecule has 4 rings (SSSR count). The van der Waals surface area contributed by atoms with Crippen molar-refractivity contribution in [2.75, 3.05) is 11.1 Å². The molecular formula is C17H16ClN3OS. The highest BCUT2D eigenvalue weighted by molar-refractivity contribution is 7.99. The molecule has 1 saturated heterocycles. The maximum absolute atomic E-state index is 12.6. The summed E-state index contributed by atoms with van der Waals surface area (Å²) in [6, 6.07) is 15.5. The fourth-order valence-electron chi connectivity index (χ4n) is 3.19. The van der Waals surface area contributed by atoms with Crippen molar-refractivity contribution in [3.8, 4) is 0 Å². The van der Waals surface area contributed by atoms with Gasteiger partial charge in [-0.2, -0.15) is 0 Å². The molecule has 6 heteroatoms. The van der Waals surface area contributed by atoms with Gasteiger partial charge >= 0.3 is 0 Å². The van der Waals surface area contributed by atoms with Crippen molar-refractivity contribution in [1.82, 2.24) is 10.9 Å². The van der Waals surface area contributed by atoms with Crippen LogP contribution in [0.15, 0.2) is 53.4 Å². The van der Waals surface area contributed by atoms with E-state index in [1.807, 2.05) is 30.0 Å². The normalized spacial score (nSPS) is 25.5. The molecule has 0 spiro atoms. The summed E-state index contributed by atoms with van der Waals surface area (Å²) < 4.78 is 0. The summed E-state index contributed by atoms with van der Waals surface area (Å²) in [7, 11) is 0. The van der Waals surface area contributed by atoms with Crippen LogP contribution in [-0.4, -0.2) is 17.7 Å². The second-order valence-electron chi connectivity index (χ2n) is 5.76. The number of carbonyl (C=O) groups is 1. The van der Waals surface area contributed by atoms with E-state index < -0.39 is 0 Å². The number of fused-ring (bicyclic) bond motifs is 3. The first kappa shape index (κ1) is 15.0. The van der Waals surface area contributed by atoms with Crippen LogP contribution < -0.4 is 16.2 Å². The smallest absolute Gasteiger partial charge is 0.243 e. The second-order valence-corrected chi connectivity index (χ2v) is 7.25. The van der Waals surface area contributed by atoms with Gasteiger partial charge in [0.15, 0.2) is 0 Å². The van der Waals surface area contributed by atoms with E-state index in [0.717, 1.165) is 11.4 Å². The largest absolute Gasteiger partial charge is 0.325 e. The summed E-state index contributed by atoms with van der Waals surface area (Å²) in [5, 5.41) is 3.56. The Hall–Kier alpha value is -1.53. The molecule has 3 N–H and O–H groups in total. The molecule has 2 aromatic rings. The van der Waals surface area contributed by atoms with Gasteiger partial charge in [-0.3, -0.25) is 4.79 Å². The average Bonchev–Trinajstić information content (AvgIpc) is 2.99. The maximum atomic E-state index is 12.6. The van der Waals surface area contributed by atoms with Crippen LogP contribution in [0.1, 0.15) is 11.6 Å². The minimum Gasteiger partial charge on any atom is -0.325 e. The number of hydrazine groups is 1. The third-order valence-electron chi connectivity index (χ3n) is 4.31. The summed E-state index contributed by atoms with van der Waals surface area (Å²) in [4.78, 5) is 13.9. The Labute approximate surface area is 144 Å². The lowest BCUT2D eigenvalue weighted by Crippen LogP contribution is -2.42. The molecule has 1 fully saturated rings. The number of carbonyl (C=O) groups excluding carboxylic acids is 1. The molecule has 2 aliphatic heterocycles. The number of nitrogens with one attached hydrogen (secondary N) is 3. The highest BCUT2D eigenvalue weighted by Gasteiger charge is 2.43. The highest BCUT2D eigenvalue weighted by Crippen LogP contribution is 2.42. The zero-order valence-electron chi connectivity index (χ0n) is 12.3. The predicted octanol–water partition coefficient (Wildman–Crippen LogP) is 3.22. The van der Waals surface area contributed by atoms with Gasteiger partial charge in [0.05, 0.1) is 6.04 Å². The van der Waals surface area contributed by atoms with Gasteiger partial charge in [-0.1, -0.05) is 35.9 Å². The van der Waals surface area contributed by atoms with Gasteiger partial charge in [0, 0.05) is 27.3 Å². The number of halogens is 1. The zero-order chi connectivity index (χ0) is 15.8. The number of anilines is 1. The number of thioether (sulfide) groups is 1. The van der Waals surface area contributed by atoms with E-state index in [1.165, 1.54) is 10.5 Å². The van der Waals surface area contributed by atoms with E-state index >= 15 is 0 Å². The quantitative estimate of drug-likeness (QED) is 0.782. The molecule has 118 valence electrons. The Morgan fingerprint density at radius 2 is 2.04 bits per heavy atom. The summed E-state index contributed by atoms with van der Waals surface area (Å²) in [5.41, 5.74) is 8.44. The van der Waals surface area contributed by atoms with Crippen molar-refractivity contribution in [3.63, 3.8) is 0 Å². The molecular weight excluding hydrogens is 330 g/mol. The van der Waals surface area contributed by atoms with Crippen LogP contribution in [0.2, 0.25) is 5.02 Å². The van der Waals surface area contributed by atoms with E-state index in [4.69, 9.17) is 11.6 Å². The number of benzene rings is 2. The SMILES string of the molecule is O=C(Nc1cccc(Cl)c1)C1NNC2c3ccccc3SCC12. The first-order valence-corrected chi connectivity index (χ1v) is 8.88. The summed E-state index contributed by atoms with van der Waals surface area (Å²) in [5.74, 6) is 1.09. The first-order valence-electron chi connectivity index (χ1n) is 7.51. The molecule has 0 aromatic heterocycles. The summed E-state index contributed by atoms with van der Waals surface area (Å²) in [6.45, 7) is 0. The molecule has 23 heavy (non-hydrogen) atoms. The summed E-state index contributed by atoms with van der Waals surface area (Å²) in [6.07, 6.45) is 0. The minimum absolute atomic E-state index is 0.0350. The van der Waals surface area contributed by atoms with Crippen LogP contribution in [0.5, 0.6) is 0 Å². The van der Waals surface area contributed by atoms with Gasteiger partial charge in [0.25, 0.3) is 0 Å². The van der Waals surface area contributed by atoms with Crippen molar-refractivity contribution in [2.24, 2.45) is 5.92 Å². The molecule has 0 bridgehead atoms. The molecule has 0 aliphatic carbocycles. The molecule has 0 radical (unpaired) electrons. The fraction of sp³-hybridized carbons (Fsp3) is 0.235. The highest BCUT2D eigenvalue weighted by atomic mass is 35.5. The Morgan fingerprint density at radius 1 is 1.17 bits per heavy atom. The molecule has 0 saturated carbocycles. The standard InChI is InChI=1S/C17H16ClN3OS/c18-10-4-3-5-11(8-10)19-17(22)16-13-9-23-14-7-2-1-6-12(14)15(13)20-21-16/h1-8,13,15-16,20-21H,9H2,(H,19,22). The van der Waals surface area contributed by atoms with Crippen LogP contribution in [0, 0.1) is 5.92 Å². The Balaban J connectivity index is 1.52. The van der Waals surface area contributed by atoms with Crippen LogP contribution in [0.4, 0.5) is 5.69 Å². The van der Waals surface area contributed by atoms with Crippen LogP contribution >= 0.6 is 23.4 Å². The van der Waals surface area contributed by atoms with E-state index in [-0.39, 0.29) is 23.9 Å². The lowest BCUT2D eigenvalue weighted by atomic mass is 9.90. The van der Waals surface area contributed by atoms with E-state index in [2.05, 4.69) is 34.4 Å². The van der Waals surface area contributed by atoms with Crippen LogP contribution in [-0.2, 0) is 4.79 Å². The van der Waals surface area contributed by atoms with Crippen molar-refractivity contribution in [1.29, 1.82) is 0 Å². The van der Waals surface area contributed by atoms with E-state index in [0.29, 0.717) is 5.02 Å². The maximum Gasteiger partial charge on any atom is 0.243 e. The Kier molecular flexibility index (Phi) is 4.03. The number of hydrogen-bond donors (Lipinski definition) is 3. The molecule has 4 nitrogen and oxygen atoms in total. The minimum atomic E-state index is -0.264. The fourth-order valence-corrected chi connectivity index (χ4v) is 4.67. The van der Waals surface area contributed by atoms with Gasteiger partial charge in [-0.05, 0) is 29.8 Å². The molecule has 2 heterocycles. The second kappa shape index (κ2) is 6.17. The first-order chi connectivity index (χ1) is 11.2. The zero-order valence-corrected chi connectivity index (χ0v) is 13.8. The molecule has 2 aliphatic rings. The number of rotatable bonds is 2. The molecule has 1 amide bonds. The lowest BCUT2D eigenvalue weighted by Gasteiger charge is -2.28. The third kappa shape index (κ3) is 2.85. The van der Waals surface area contributed by atoms with Gasteiger partial charge in [0.1, 0.15) is 6.04 Å². The number of hydrogen-bond acceptors (Lipinski definition) is 4. The van der Waals surface area contributed by atoms with Crippen molar-refractivity contribution >= 4 is 35.0 Å².